The molecule has 1 amide bonds. The molecule has 6 heteroatoms. The fraction of sp³-hybridized carbons (Fsp3) is 0.250. The van der Waals surface area contributed by atoms with Gasteiger partial charge >= 0.3 is 0 Å². The van der Waals surface area contributed by atoms with E-state index in [1.54, 1.807) is 35.2 Å². The van der Waals surface area contributed by atoms with Crippen LogP contribution in [0.2, 0.25) is 0 Å². The monoisotopic (exact) mass is 303 g/mol. The Labute approximate surface area is 128 Å². The third kappa shape index (κ3) is 5.05. The van der Waals surface area contributed by atoms with Crippen LogP contribution in [-0.2, 0) is 11.8 Å². The van der Waals surface area contributed by atoms with Gasteiger partial charge in [-0.15, -0.1) is 0 Å². The molecule has 0 spiro atoms. The van der Waals surface area contributed by atoms with Crippen LogP contribution >= 0.6 is 0 Å². The van der Waals surface area contributed by atoms with Gasteiger partial charge in [0, 0.05) is 31.4 Å². The fourth-order valence-corrected chi connectivity index (χ4v) is 1.78. The molecule has 0 unspecified atom stereocenters. The second-order valence-electron chi connectivity index (χ2n) is 4.70. The maximum absolute atomic E-state index is 13.3. The van der Waals surface area contributed by atoms with Crippen molar-refractivity contribution in [3.63, 3.8) is 0 Å². The summed E-state index contributed by atoms with van der Waals surface area (Å²) >= 11 is 0. The summed E-state index contributed by atoms with van der Waals surface area (Å²) < 4.78 is 20.2. The molecule has 0 saturated carbocycles. The number of carbonyl (C=O) groups is 1. The zero-order valence-electron chi connectivity index (χ0n) is 12.3. The van der Waals surface area contributed by atoms with Crippen LogP contribution in [0.4, 0.5) is 4.39 Å². The van der Waals surface area contributed by atoms with Crippen molar-refractivity contribution < 1.29 is 13.9 Å². The molecule has 0 fully saturated rings. The number of nitrogens with one attached hydrogen (secondary N) is 1. The highest BCUT2D eigenvalue weighted by Crippen LogP contribution is 2.15. The second kappa shape index (κ2) is 7.97. The Morgan fingerprint density at radius 3 is 3.00 bits per heavy atom. The summed E-state index contributed by atoms with van der Waals surface area (Å²) in [5.41, 5.74) is 0.862. The fourth-order valence-electron chi connectivity index (χ4n) is 1.78. The number of aryl methyl sites for hydroxylation is 1. The summed E-state index contributed by atoms with van der Waals surface area (Å²) in [4.78, 5) is 11.6. The van der Waals surface area contributed by atoms with Gasteiger partial charge in [0.05, 0.1) is 12.8 Å². The van der Waals surface area contributed by atoms with Crippen LogP contribution in [0.3, 0.4) is 0 Å². The normalized spacial score (nSPS) is 10.8. The first kappa shape index (κ1) is 15.8. The van der Waals surface area contributed by atoms with Crippen molar-refractivity contribution in [2.24, 2.45) is 7.05 Å². The molecule has 0 atom stereocenters. The van der Waals surface area contributed by atoms with Crippen LogP contribution in [0.5, 0.6) is 5.75 Å². The topological polar surface area (TPSA) is 56.2 Å². The zero-order chi connectivity index (χ0) is 15.8. The standard InChI is InChI=1S/C16H18FN3O2/c1-20-12-13(11-19-20)7-8-16(21)18-9-4-10-22-15-6-3-2-5-14(15)17/h2-3,5-8,11-12H,4,9-10H2,1H3,(H,18,21)/b8-7-. The summed E-state index contributed by atoms with van der Waals surface area (Å²) in [5, 5.41) is 6.74. The van der Waals surface area contributed by atoms with Crippen LogP contribution in [0.15, 0.2) is 42.7 Å². The van der Waals surface area contributed by atoms with E-state index in [1.165, 1.54) is 12.1 Å². The highest BCUT2D eigenvalue weighted by atomic mass is 19.1. The van der Waals surface area contributed by atoms with Gasteiger partial charge in [-0.05, 0) is 24.6 Å². The third-order valence-corrected chi connectivity index (χ3v) is 2.87. The van der Waals surface area contributed by atoms with Gasteiger partial charge in [0.1, 0.15) is 0 Å². The summed E-state index contributed by atoms with van der Waals surface area (Å²) in [5.74, 6) is -0.342. The molecule has 0 saturated heterocycles. The van der Waals surface area contributed by atoms with Gasteiger partial charge in [0.25, 0.3) is 0 Å². The van der Waals surface area contributed by atoms with Crippen molar-refractivity contribution in [2.75, 3.05) is 13.2 Å². The first-order valence-corrected chi connectivity index (χ1v) is 6.97. The number of para-hydroxylation sites is 1. The van der Waals surface area contributed by atoms with Crippen LogP contribution in [0, 0.1) is 5.82 Å². The van der Waals surface area contributed by atoms with Crippen molar-refractivity contribution in [3.8, 4) is 5.75 Å². The van der Waals surface area contributed by atoms with E-state index in [9.17, 15) is 9.18 Å². The lowest BCUT2D eigenvalue weighted by molar-refractivity contribution is -0.116. The number of halogens is 1. The molecule has 0 aliphatic heterocycles. The Balaban J connectivity index is 1.63. The molecule has 1 aromatic heterocycles. The second-order valence-corrected chi connectivity index (χ2v) is 4.70. The number of nitrogens with zero attached hydrogens (tertiary/aromatic N) is 2. The molecule has 0 aliphatic carbocycles. The van der Waals surface area contributed by atoms with E-state index in [0.717, 1.165) is 5.56 Å². The predicted octanol–water partition coefficient (Wildman–Crippen LogP) is 2.16. The zero-order valence-corrected chi connectivity index (χ0v) is 12.3. The number of aromatic nitrogens is 2. The van der Waals surface area contributed by atoms with Gasteiger partial charge in [0.2, 0.25) is 5.91 Å². The Hall–Kier alpha value is -2.63. The van der Waals surface area contributed by atoms with Gasteiger partial charge in [-0.2, -0.15) is 5.10 Å². The molecule has 2 rings (SSSR count). The minimum Gasteiger partial charge on any atom is -0.490 e. The molecule has 0 radical (unpaired) electrons. The lowest BCUT2D eigenvalue weighted by Crippen LogP contribution is -2.23. The van der Waals surface area contributed by atoms with Gasteiger partial charge < -0.3 is 10.1 Å². The molecule has 1 heterocycles. The highest BCUT2D eigenvalue weighted by Gasteiger charge is 2.01. The first-order chi connectivity index (χ1) is 10.6. The van der Waals surface area contributed by atoms with Gasteiger partial charge in [-0.3, -0.25) is 9.48 Å². The number of hydrogen-bond donors (Lipinski definition) is 1. The number of carbonyl (C=O) groups excluding carboxylic acids is 1. The van der Waals surface area contributed by atoms with Gasteiger partial charge in [-0.25, -0.2) is 4.39 Å². The predicted molar refractivity (Wildman–Crippen MR) is 81.8 cm³/mol. The summed E-state index contributed by atoms with van der Waals surface area (Å²) in [6.45, 7) is 0.804. The van der Waals surface area contributed by atoms with E-state index in [-0.39, 0.29) is 17.5 Å². The first-order valence-electron chi connectivity index (χ1n) is 6.97. The number of amides is 1. The van der Waals surface area contributed by atoms with Gasteiger partial charge in [0.15, 0.2) is 11.6 Å². The van der Waals surface area contributed by atoms with Crippen LogP contribution in [0.25, 0.3) is 6.08 Å². The molecular weight excluding hydrogens is 285 g/mol. The van der Waals surface area contributed by atoms with Crippen molar-refractivity contribution >= 4 is 12.0 Å². The molecule has 0 bridgehead atoms. The van der Waals surface area contributed by atoms with E-state index in [1.807, 2.05) is 13.2 Å². The number of rotatable bonds is 7. The largest absolute Gasteiger partial charge is 0.490 e. The van der Waals surface area contributed by atoms with Crippen molar-refractivity contribution in [1.82, 2.24) is 15.1 Å². The van der Waals surface area contributed by atoms with E-state index in [2.05, 4.69) is 10.4 Å². The Morgan fingerprint density at radius 2 is 2.27 bits per heavy atom. The molecule has 0 aliphatic rings. The van der Waals surface area contributed by atoms with E-state index >= 15 is 0 Å². The van der Waals surface area contributed by atoms with Crippen molar-refractivity contribution in [3.05, 3.63) is 54.1 Å². The van der Waals surface area contributed by atoms with Gasteiger partial charge in [-0.1, -0.05) is 12.1 Å². The maximum atomic E-state index is 13.3. The molecule has 1 aromatic carbocycles. The number of hydrogen-bond acceptors (Lipinski definition) is 3. The summed E-state index contributed by atoms with van der Waals surface area (Å²) in [7, 11) is 1.81. The minimum absolute atomic E-state index is 0.185. The SMILES string of the molecule is Cn1cc(/C=C\C(=O)NCCCOc2ccccc2F)cn1. The molecular formula is C16H18FN3O2. The molecule has 5 nitrogen and oxygen atoms in total. The Kier molecular flexibility index (Phi) is 5.71. The molecule has 22 heavy (non-hydrogen) atoms. The number of benzene rings is 1. The van der Waals surface area contributed by atoms with E-state index in [4.69, 9.17) is 4.74 Å². The Bertz CT molecular complexity index is 652. The third-order valence-electron chi connectivity index (χ3n) is 2.87. The van der Waals surface area contributed by atoms with E-state index in [0.29, 0.717) is 19.6 Å². The van der Waals surface area contributed by atoms with Crippen molar-refractivity contribution in [1.29, 1.82) is 0 Å². The highest BCUT2D eigenvalue weighted by molar-refractivity contribution is 5.91. The quantitative estimate of drug-likeness (QED) is 0.630. The molecule has 1 N–H and O–H groups in total. The van der Waals surface area contributed by atoms with Crippen molar-refractivity contribution in [2.45, 2.75) is 6.42 Å². The number of ether oxygens (including phenoxy) is 1. The van der Waals surface area contributed by atoms with Crippen LogP contribution in [-0.4, -0.2) is 28.8 Å². The summed E-state index contributed by atoms with van der Waals surface area (Å²) in [6.07, 6.45) is 7.23. The lowest BCUT2D eigenvalue weighted by Gasteiger charge is -2.07. The van der Waals surface area contributed by atoms with Crippen LogP contribution < -0.4 is 10.1 Å². The minimum atomic E-state index is -0.383. The molecule has 2 aromatic rings. The smallest absolute Gasteiger partial charge is 0.244 e. The van der Waals surface area contributed by atoms with E-state index < -0.39 is 0 Å². The summed E-state index contributed by atoms with van der Waals surface area (Å²) in [6, 6.07) is 6.24. The lowest BCUT2D eigenvalue weighted by atomic mass is 10.3. The Morgan fingerprint density at radius 1 is 1.45 bits per heavy atom. The van der Waals surface area contributed by atoms with Crippen LogP contribution in [0.1, 0.15) is 12.0 Å². The average molecular weight is 303 g/mol. The maximum Gasteiger partial charge on any atom is 0.244 e. The average Bonchev–Trinajstić information content (AvgIpc) is 2.92. The molecule has 116 valence electrons.